The van der Waals surface area contributed by atoms with Crippen LogP contribution in [-0.4, -0.2) is 17.9 Å². The van der Waals surface area contributed by atoms with Gasteiger partial charge in [0.1, 0.15) is 0 Å². The fraction of sp³-hybridized carbons (Fsp3) is 0.417. The highest BCUT2D eigenvalue weighted by atomic mass is 35.5. The van der Waals surface area contributed by atoms with Crippen molar-refractivity contribution >= 4 is 17.6 Å². The standard InChI is InChI=1S/C12H11ClO4/c13-8-2-1-7(10-11(8)17-6-16-10)12(3-4-12)5-9(14)15/h1-2H,3-6H2,(H,14,15). The van der Waals surface area contributed by atoms with Gasteiger partial charge >= 0.3 is 5.97 Å². The zero-order chi connectivity index (χ0) is 12.0. The maximum atomic E-state index is 10.9. The first-order valence-corrected chi connectivity index (χ1v) is 5.81. The molecule has 0 spiro atoms. The lowest BCUT2D eigenvalue weighted by molar-refractivity contribution is -0.137. The highest BCUT2D eigenvalue weighted by Crippen LogP contribution is 2.57. The molecule has 1 aliphatic carbocycles. The van der Waals surface area contributed by atoms with Crippen LogP contribution in [0.5, 0.6) is 11.5 Å². The van der Waals surface area contributed by atoms with E-state index in [0.29, 0.717) is 16.5 Å². The second-order valence-electron chi connectivity index (χ2n) is 4.51. The molecule has 0 atom stereocenters. The molecule has 0 saturated heterocycles. The second-order valence-corrected chi connectivity index (χ2v) is 4.92. The van der Waals surface area contributed by atoms with E-state index < -0.39 is 5.97 Å². The smallest absolute Gasteiger partial charge is 0.304 e. The van der Waals surface area contributed by atoms with Gasteiger partial charge in [0.05, 0.1) is 11.4 Å². The lowest BCUT2D eigenvalue weighted by Crippen LogP contribution is -2.13. The molecule has 1 aromatic carbocycles. The van der Waals surface area contributed by atoms with Crippen LogP contribution in [0.4, 0.5) is 0 Å². The van der Waals surface area contributed by atoms with Crippen LogP contribution in [-0.2, 0) is 10.2 Å². The zero-order valence-electron chi connectivity index (χ0n) is 9.03. The number of benzene rings is 1. The fourth-order valence-electron chi connectivity index (χ4n) is 2.36. The average molecular weight is 255 g/mol. The Morgan fingerprint density at radius 3 is 2.71 bits per heavy atom. The Hall–Kier alpha value is -1.42. The van der Waals surface area contributed by atoms with Crippen LogP contribution in [0, 0.1) is 0 Å². The van der Waals surface area contributed by atoms with E-state index >= 15 is 0 Å². The molecule has 0 radical (unpaired) electrons. The van der Waals surface area contributed by atoms with Gasteiger partial charge in [-0.25, -0.2) is 0 Å². The Balaban J connectivity index is 2.05. The molecule has 5 heteroatoms. The van der Waals surface area contributed by atoms with Crippen LogP contribution in [0.25, 0.3) is 0 Å². The van der Waals surface area contributed by atoms with Crippen LogP contribution in [0.3, 0.4) is 0 Å². The number of halogens is 1. The minimum absolute atomic E-state index is 0.129. The number of fused-ring (bicyclic) bond motifs is 1. The summed E-state index contributed by atoms with van der Waals surface area (Å²) < 4.78 is 10.7. The lowest BCUT2D eigenvalue weighted by Gasteiger charge is -2.15. The molecule has 0 bridgehead atoms. The molecule has 2 aliphatic rings. The highest BCUT2D eigenvalue weighted by molar-refractivity contribution is 6.32. The summed E-state index contributed by atoms with van der Waals surface area (Å²) in [6.07, 6.45) is 1.87. The molecule has 17 heavy (non-hydrogen) atoms. The third kappa shape index (κ3) is 1.63. The minimum atomic E-state index is -0.787. The minimum Gasteiger partial charge on any atom is -0.481 e. The van der Waals surface area contributed by atoms with Crippen LogP contribution >= 0.6 is 11.6 Å². The number of rotatable bonds is 3. The van der Waals surface area contributed by atoms with Crippen molar-refractivity contribution in [3.05, 3.63) is 22.7 Å². The summed E-state index contributed by atoms with van der Waals surface area (Å²) in [6.45, 7) is 0.148. The first-order chi connectivity index (χ1) is 8.12. The SMILES string of the molecule is O=C(O)CC1(c2ccc(Cl)c3c2OCO3)CC1. The molecule has 1 heterocycles. The molecule has 0 unspecified atom stereocenters. The maximum Gasteiger partial charge on any atom is 0.304 e. The summed E-state index contributed by atoms with van der Waals surface area (Å²) >= 11 is 6.00. The van der Waals surface area contributed by atoms with Crippen LogP contribution in [0.2, 0.25) is 5.02 Å². The molecular formula is C12H11ClO4. The fourth-order valence-corrected chi connectivity index (χ4v) is 2.57. The molecule has 0 amide bonds. The van der Waals surface area contributed by atoms with Gasteiger partial charge in [-0.2, -0.15) is 0 Å². The van der Waals surface area contributed by atoms with E-state index in [4.69, 9.17) is 26.2 Å². The van der Waals surface area contributed by atoms with Crippen LogP contribution in [0.1, 0.15) is 24.8 Å². The molecule has 1 aromatic rings. The largest absolute Gasteiger partial charge is 0.481 e. The highest BCUT2D eigenvalue weighted by Gasteiger charge is 2.49. The lowest BCUT2D eigenvalue weighted by atomic mass is 9.91. The van der Waals surface area contributed by atoms with E-state index in [0.717, 1.165) is 18.4 Å². The molecular weight excluding hydrogens is 244 g/mol. The van der Waals surface area contributed by atoms with Gasteiger partial charge in [-0.3, -0.25) is 4.79 Å². The number of hydrogen-bond donors (Lipinski definition) is 1. The summed E-state index contributed by atoms with van der Waals surface area (Å²) in [5.41, 5.74) is 0.630. The molecule has 90 valence electrons. The Kier molecular flexibility index (Phi) is 2.23. The predicted octanol–water partition coefficient (Wildman–Crippen LogP) is 2.58. The van der Waals surface area contributed by atoms with Gasteiger partial charge < -0.3 is 14.6 Å². The number of ether oxygens (including phenoxy) is 2. The van der Waals surface area contributed by atoms with Gasteiger partial charge in [-0.1, -0.05) is 17.7 Å². The third-order valence-corrected chi connectivity index (χ3v) is 3.68. The van der Waals surface area contributed by atoms with Gasteiger partial charge in [-0.15, -0.1) is 0 Å². The Morgan fingerprint density at radius 2 is 2.06 bits per heavy atom. The summed E-state index contributed by atoms with van der Waals surface area (Å²) in [5.74, 6) is 0.377. The molecule has 0 aromatic heterocycles. The van der Waals surface area contributed by atoms with Crippen molar-refractivity contribution in [2.75, 3.05) is 6.79 Å². The molecule has 1 saturated carbocycles. The molecule has 3 rings (SSSR count). The summed E-state index contributed by atoms with van der Waals surface area (Å²) in [5, 5.41) is 9.46. The number of carboxylic acid groups (broad SMARTS) is 1. The van der Waals surface area contributed by atoms with Crippen LogP contribution < -0.4 is 9.47 Å². The number of aliphatic carboxylic acids is 1. The number of hydrogen-bond acceptors (Lipinski definition) is 3. The van der Waals surface area contributed by atoms with Crippen molar-refractivity contribution < 1.29 is 19.4 Å². The Bertz CT molecular complexity index is 494. The van der Waals surface area contributed by atoms with Crippen molar-refractivity contribution in [3.63, 3.8) is 0 Å². The molecule has 1 fully saturated rings. The van der Waals surface area contributed by atoms with Gasteiger partial charge in [0.25, 0.3) is 0 Å². The van der Waals surface area contributed by atoms with E-state index in [1.807, 2.05) is 6.07 Å². The first-order valence-electron chi connectivity index (χ1n) is 5.43. The number of carbonyl (C=O) groups is 1. The van der Waals surface area contributed by atoms with Gasteiger partial charge in [-0.05, 0) is 18.9 Å². The van der Waals surface area contributed by atoms with Gasteiger partial charge in [0.15, 0.2) is 11.5 Å². The van der Waals surface area contributed by atoms with Crippen molar-refractivity contribution in [2.24, 2.45) is 0 Å². The van der Waals surface area contributed by atoms with Crippen LogP contribution in [0.15, 0.2) is 12.1 Å². The van der Waals surface area contributed by atoms with Gasteiger partial charge in [0, 0.05) is 11.0 Å². The van der Waals surface area contributed by atoms with Crippen molar-refractivity contribution in [2.45, 2.75) is 24.7 Å². The summed E-state index contributed by atoms with van der Waals surface area (Å²) in [7, 11) is 0. The monoisotopic (exact) mass is 254 g/mol. The van der Waals surface area contributed by atoms with Crippen molar-refractivity contribution in [1.82, 2.24) is 0 Å². The first kappa shape index (κ1) is 10.7. The van der Waals surface area contributed by atoms with Gasteiger partial charge in [0.2, 0.25) is 6.79 Å². The predicted molar refractivity (Wildman–Crippen MR) is 60.7 cm³/mol. The topological polar surface area (TPSA) is 55.8 Å². The third-order valence-electron chi connectivity index (χ3n) is 3.39. The quantitative estimate of drug-likeness (QED) is 0.901. The normalized spacial score (nSPS) is 19.1. The summed E-state index contributed by atoms with van der Waals surface area (Å²) in [4.78, 5) is 10.9. The Labute approximate surface area is 103 Å². The zero-order valence-corrected chi connectivity index (χ0v) is 9.79. The Morgan fingerprint density at radius 1 is 1.35 bits per heavy atom. The van der Waals surface area contributed by atoms with Crippen molar-refractivity contribution in [1.29, 1.82) is 0 Å². The van der Waals surface area contributed by atoms with E-state index in [9.17, 15) is 4.79 Å². The maximum absolute atomic E-state index is 10.9. The number of carboxylic acids is 1. The molecule has 4 nitrogen and oxygen atoms in total. The van der Waals surface area contributed by atoms with E-state index in [-0.39, 0.29) is 18.6 Å². The molecule has 1 aliphatic heterocycles. The van der Waals surface area contributed by atoms with E-state index in [1.54, 1.807) is 6.07 Å². The van der Waals surface area contributed by atoms with E-state index in [2.05, 4.69) is 0 Å². The summed E-state index contributed by atoms with van der Waals surface area (Å²) in [6, 6.07) is 3.60. The molecule has 1 N–H and O–H groups in total. The second kappa shape index (κ2) is 3.53. The van der Waals surface area contributed by atoms with E-state index in [1.165, 1.54) is 0 Å². The average Bonchev–Trinajstić information content (AvgIpc) is 2.86. The van der Waals surface area contributed by atoms with Crippen molar-refractivity contribution in [3.8, 4) is 11.5 Å².